The van der Waals surface area contributed by atoms with Crippen molar-refractivity contribution in [3.05, 3.63) is 62.7 Å². The van der Waals surface area contributed by atoms with Crippen LogP contribution in [-0.2, 0) is 21.9 Å². The second-order valence-corrected chi connectivity index (χ2v) is 6.92. The number of hydrogen-bond acceptors (Lipinski definition) is 8. The Kier molecular flexibility index (Phi) is 12.0. The largest absolute Gasteiger partial charge is 0.507 e. The number of carboxylic acid groups (broad SMARTS) is 1. The number of aromatic hydroxyl groups is 2. The van der Waals surface area contributed by atoms with Crippen LogP contribution in [-0.4, -0.2) is 43.7 Å². The number of aryl methyl sites for hydroxylation is 2. The molecule has 0 atom stereocenters. The third-order valence-electron chi connectivity index (χ3n) is 4.01. The first kappa shape index (κ1) is 30.0. The number of urea groups is 1. The van der Waals surface area contributed by atoms with E-state index in [1.807, 2.05) is 6.92 Å². The van der Waals surface area contributed by atoms with Crippen LogP contribution in [0.1, 0.15) is 43.0 Å². The number of amides is 2. The van der Waals surface area contributed by atoms with Gasteiger partial charge < -0.3 is 15.3 Å². The summed E-state index contributed by atoms with van der Waals surface area (Å²) in [6, 6.07) is 6.99. The van der Waals surface area contributed by atoms with Gasteiger partial charge in [-0.1, -0.05) is 11.6 Å². The number of carbonyl (C=O) groups is 2. The molecule has 12 nitrogen and oxygen atoms in total. The first-order valence-corrected chi connectivity index (χ1v) is 9.45. The summed E-state index contributed by atoms with van der Waals surface area (Å²) < 4.78 is 0. The Bertz CT molecular complexity index is 1130. The fraction of sp³-hybridized carbons (Fsp3) is 0.238. The second kappa shape index (κ2) is 13.6. The Morgan fingerprint density at radius 1 is 0.912 bits per heavy atom. The van der Waals surface area contributed by atoms with Gasteiger partial charge in [-0.15, -0.1) is 0 Å². The van der Waals surface area contributed by atoms with Crippen molar-refractivity contribution in [1.82, 2.24) is 10.9 Å². The Balaban J connectivity index is 0.00000201. The molecule has 0 spiro atoms. The Morgan fingerprint density at radius 2 is 1.38 bits per heavy atom. The smallest absolute Gasteiger partial charge is 0.355 e. The van der Waals surface area contributed by atoms with Crippen LogP contribution in [0.15, 0.2) is 40.5 Å². The minimum absolute atomic E-state index is 0. The summed E-state index contributed by atoms with van der Waals surface area (Å²) in [5.41, 5.74) is 6.62. The van der Waals surface area contributed by atoms with E-state index in [0.29, 0.717) is 16.8 Å². The van der Waals surface area contributed by atoms with Crippen molar-refractivity contribution in [3.63, 3.8) is 0 Å². The van der Waals surface area contributed by atoms with Gasteiger partial charge in [0.1, 0.15) is 5.75 Å². The molecule has 0 aliphatic rings. The van der Waals surface area contributed by atoms with Crippen molar-refractivity contribution in [2.24, 2.45) is 10.2 Å². The summed E-state index contributed by atoms with van der Waals surface area (Å²) in [6.45, 7) is 7.69. The molecule has 2 rings (SSSR count). The minimum Gasteiger partial charge on any atom is -0.507 e. The number of carboxylic acids is 1. The number of rotatable bonds is 5. The van der Waals surface area contributed by atoms with Crippen LogP contribution in [0.2, 0.25) is 0 Å². The molecule has 2 amide bonds. The number of benzene rings is 2. The van der Waals surface area contributed by atoms with Crippen LogP contribution >= 0.6 is 0 Å². The van der Waals surface area contributed by atoms with Gasteiger partial charge in [-0.05, 0) is 51.5 Å². The van der Waals surface area contributed by atoms with Crippen LogP contribution in [0.3, 0.4) is 0 Å². The molecule has 2 aromatic carbocycles. The number of hydrazone groups is 2. The number of nitrogens with zero attached hydrogens (tertiary/aromatic N) is 3. The number of aliphatic carboxylic acids is 1. The van der Waals surface area contributed by atoms with E-state index in [1.54, 1.807) is 26.0 Å². The first-order valence-electron chi connectivity index (χ1n) is 9.45. The molecule has 0 aliphatic heterocycles. The van der Waals surface area contributed by atoms with Crippen LogP contribution < -0.4 is 10.9 Å². The van der Waals surface area contributed by atoms with Crippen molar-refractivity contribution >= 4 is 29.1 Å². The van der Waals surface area contributed by atoms with E-state index in [2.05, 4.69) is 21.1 Å². The molecule has 0 fully saturated rings. The van der Waals surface area contributed by atoms with Crippen molar-refractivity contribution in [2.45, 2.75) is 34.6 Å². The summed E-state index contributed by atoms with van der Waals surface area (Å²) in [7, 11) is 0. The Hall–Kier alpha value is -3.96. The fourth-order valence-electron chi connectivity index (χ4n) is 2.53. The molecule has 0 bridgehead atoms. The molecule has 0 aromatic heterocycles. The Morgan fingerprint density at radius 3 is 1.88 bits per heavy atom. The van der Waals surface area contributed by atoms with Crippen LogP contribution in [0.5, 0.6) is 11.5 Å². The topological polar surface area (TPSA) is 187 Å². The quantitative estimate of drug-likeness (QED) is 0.175. The number of nitrogens with one attached hydrogen (secondary N) is 2. The van der Waals surface area contributed by atoms with Gasteiger partial charge in [0.15, 0.2) is 0 Å². The summed E-state index contributed by atoms with van der Waals surface area (Å²) in [5.74, 6) is -1.34. The molecule has 13 heteroatoms. The van der Waals surface area contributed by atoms with Crippen molar-refractivity contribution in [3.8, 4) is 11.5 Å². The van der Waals surface area contributed by atoms with E-state index in [0.717, 1.165) is 12.5 Å². The number of phenols is 2. The predicted octanol–water partition coefficient (Wildman–Crippen LogP) is 3.16. The molecule has 0 aliphatic carbocycles. The summed E-state index contributed by atoms with van der Waals surface area (Å²) in [5, 5.41) is 46.1. The number of carbonyl (C=O) groups excluding carboxylic acids is 1. The number of hydrogen-bond donors (Lipinski definition) is 5. The zero-order chi connectivity index (χ0) is 25.3. The SMILES string of the molecule is C/C(=N/NC(=O)N/N=C(/C)c1cc(C)cc([N+](=O)[O-])c1O)c1cc(C)ccc1O.CC(=O)O.[Mn]. The molecule has 0 saturated carbocycles. The third kappa shape index (κ3) is 9.26. The predicted molar refractivity (Wildman–Crippen MR) is 122 cm³/mol. The van der Waals surface area contributed by atoms with E-state index in [4.69, 9.17) is 9.90 Å². The van der Waals surface area contributed by atoms with E-state index in [9.17, 15) is 25.1 Å². The molecular formula is C21H25MnN5O7. The van der Waals surface area contributed by atoms with Crippen molar-refractivity contribution in [2.75, 3.05) is 0 Å². The summed E-state index contributed by atoms with van der Waals surface area (Å²) in [6.07, 6.45) is 0. The second-order valence-electron chi connectivity index (χ2n) is 6.92. The maximum Gasteiger partial charge on any atom is 0.355 e. The average Bonchev–Trinajstić information content (AvgIpc) is 2.72. The first-order chi connectivity index (χ1) is 15.3. The molecule has 34 heavy (non-hydrogen) atoms. The molecule has 2 aromatic rings. The summed E-state index contributed by atoms with van der Waals surface area (Å²) in [4.78, 5) is 31.2. The van der Waals surface area contributed by atoms with E-state index in [-0.39, 0.29) is 34.1 Å². The van der Waals surface area contributed by atoms with Gasteiger partial charge in [0, 0.05) is 41.2 Å². The zero-order valence-corrected chi connectivity index (χ0v) is 20.3. The number of phenolic OH excluding ortho intramolecular Hbond substituents is 2. The van der Waals surface area contributed by atoms with Crippen LogP contribution in [0.4, 0.5) is 10.5 Å². The third-order valence-corrected chi connectivity index (χ3v) is 4.01. The molecule has 1 radical (unpaired) electrons. The molecule has 5 N–H and O–H groups in total. The maximum absolute atomic E-state index is 11.9. The minimum atomic E-state index is -0.833. The zero-order valence-electron chi connectivity index (χ0n) is 19.1. The fourth-order valence-corrected chi connectivity index (χ4v) is 2.53. The summed E-state index contributed by atoms with van der Waals surface area (Å²) >= 11 is 0. The number of nitro groups is 1. The van der Waals surface area contributed by atoms with E-state index < -0.39 is 28.4 Å². The van der Waals surface area contributed by atoms with Gasteiger partial charge in [-0.3, -0.25) is 14.9 Å². The van der Waals surface area contributed by atoms with Crippen molar-refractivity contribution < 1.29 is 46.9 Å². The van der Waals surface area contributed by atoms with Crippen molar-refractivity contribution in [1.29, 1.82) is 0 Å². The van der Waals surface area contributed by atoms with Gasteiger partial charge in [-0.25, -0.2) is 15.6 Å². The maximum atomic E-state index is 11.9. The van der Waals surface area contributed by atoms with Gasteiger partial charge in [0.05, 0.1) is 16.3 Å². The van der Waals surface area contributed by atoms with E-state index in [1.165, 1.54) is 25.1 Å². The molecule has 183 valence electrons. The number of nitro benzene ring substituents is 1. The van der Waals surface area contributed by atoms with E-state index >= 15 is 0 Å². The molecule has 0 saturated heterocycles. The average molecular weight is 514 g/mol. The van der Waals surface area contributed by atoms with Gasteiger partial charge in [0.25, 0.3) is 5.97 Å². The van der Waals surface area contributed by atoms with Gasteiger partial charge in [0.2, 0.25) is 5.75 Å². The Labute approximate surface area is 206 Å². The molecule has 0 heterocycles. The van der Waals surface area contributed by atoms with Crippen LogP contribution in [0.25, 0.3) is 0 Å². The van der Waals surface area contributed by atoms with Gasteiger partial charge in [-0.2, -0.15) is 10.2 Å². The van der Waals surface area contributed by atoms with Gasteiger partial charge >= 0.3 is 11.7 Å². The molecular weight excluding hydrogens is 489 g/mol. The normalized spacial score (nSPS) is 10.9. The monoisotopic (exact) mass is 514 g/mol. The molecule has 0 unspecified atom stereocenters. The standard InChI is InChI=1S/C19H21N5O5.C2H4O2.Mn/c1-10-5-6-17(25)14(7-10)12(3)20-22-19(27)23-21-13(4)15-8-11(2)9-16(18(15)26)24(28)29;1-2(3)4;/h5-9,25-26H,1-4H3,(H2,22,23,27);1H3,(H,3,4);/b20-12-,21-13-;;. The van der Waals surface area contributed by atoms with Crippen LogP contribution in [0, 0.1) is 24.0 Å².